The number of carboxylic acids is 1. The minimum Gasteiger partial charge on any atom is -0.481 e. The molecule has 0 unspecified atom stereocenters. The highest BCUT2D eigenvalue weighted by Gasteiger charge is 2.18. The summed E-state index contributed by atoms with van der Waals surface area (Å²) in [5.74, 6) is -1.16. The number of hydrogen-bond acceptors (Lipinski definition) is 6. The number of anilines is 1. The van der Waals surface area contributed by atoms with Crippen LogP contribution in [-0.4, -0.2) is 40.2 Å². The Morgan fingerprint density at radius 2 is 1.79 bits per heavy atom. The zero-order valence-corrected chi connectivity index (χ0v) is 20.8. The fourth-order valence-electron chi connectivity index (χ4n) is 4.11. The van der Waals surface area contributed by atoms with Crippen LogP contribution in [0.5, 0.6) is 0 Å². The normalized spacial score (nSPS) is 11.4. The number of aryl methyl sites for hydroxylation is 1. The van der Waals surface area contributed by atoms with Gasteiger partial charge in [0.1, 0.15) is 10.5 Å². The molecule has 0 atom stereocenters. The van der Waals surface area contributed by atoms with Crippen LogP contribution in [0.15, 0.2) is 96.4 Å². The summed E-state index contributed by atoms with van der Waals surface area (Å²) in [6, 6.07) is 18.6. The Labute approximate surface area is 218 Å². The summed E-state index contributed by atoms with van der Waals surface area (Å²) >= 11 is 0. The summed E-state index contributed by atoms with van der Waals surface area (Å²) in [5.41, 5.74) is 4.00. The van der Waals surface area contributed by atoms with E-state index in [-0.39, 0.29) is 22.8 Å². The van der Waals surface area contributed by atoms with Crippen molar-refractivity contribution >= 4 is 38.5 Å². The largest absolute Gasteiger partial charge is 0.481 e. The number of carbonyl (C=O) groups is 2. The number of rotatable bonds is 9. The number of hydrogen-bond donors (Lipinski definition) is 3. The van der Waals surface area contributed by atoms with Crippen molar-refractivity contribution < 1.29 is 23.1 Å². The predicted molar refractivity (Wildman–Crippen MR) is 142 cm³/mol. The Balaban J connectivity index is 1.44. The van der Waals surface area contributed by atoms with E-state index in [0.717, 1.165) is 16.7 Å². The molecular weight excluding hydrogens is 504 g/mol. The maximum atomic E-state index is 13.5. The van der Waals surface area contributed by atoms with Crippen molar-refractivity contribution in [2.75, 3.05) is 4.72 Å². The molecule has 190 valence electrons. The monoisotopic (exact) mass is 526 g/mol. The first kappa shape index (κ1) is 24.8. The van der Waals surface area contributed by atoms with Crippen LogP contribution in [0, 0.1) is 0 Å². The molecule has 0 saturated carbocycles. The number of nitrogens with zero attached hydrogens (tertiary/aromatic N) is 2. The maximum absolute atomic E-state index is 13.5. The first-order valence-corrected chi connectivity index (χ1v) is 13.1. The molecular formula is C28H22N4O5S. The molecule has 3 aromatic heterocycles. The van der Waals surface area contributed by atoms with Crippen molar-refractivity contribution in [2.24, 2.45) is 0 Å². The Bertz CT molecular complexity index is 1760. The predicted octanol–water partition coefficient (Wildman–Crippen LogP) is 4.67. The third kappa shape index (κ3) is 5.30. The molecule has 5 rings (SSSR count). The molecule has 0 radical (unpaired) electrons. The number of nitrogens with one attached hydrogen (secondary N) is 2. The van der Waals surface area contributed by atoms with E-state index < -0.39 is 16.0 Å². The van der Waals surface area contributed by atoms with Gasteiger partial charge in [0, 0.05) is 59.0 Å². The lowest BCUT2D eigenvalue weighted by Gasteiger charge is -2.09. The number of aromatic nitrogens is 3. The molecule has 5 aromatic rings. The van der Waals surface area contributed by atoms with Gasteiger partial charge in [0.15, 0.2) is 5.78 Å². The molecule has 0 spiro atoms. The Morgan fingerprint density at radius 1 is 0.947 bits per heavy atom. The average Bonchev–Trinajstić information content (AvgIpc) is 3.35. The van der Waals surface area contributed by atoms with Crippen molar-refractivity contribution in [1.29, 1.82) is 0 Å². The smallest absolute Gasteiger partial charge is 0.303 e. The lowest BCUT2D eigenvalue weighted by Crippen LogP contribution is -2.13. The van der Waals surface area contributed by atoms with E-state index in [4.69, 9.17) is 5.11 Å². The molecule has 38 heavy (non-hydrogen) atoms. The number of H-pyrrole nitrogens is 1. The first-order chi connectivity index (χ1) is 18.3. The van der Waals surface area contributed by atoms with Gasteiger partial charge in [-0.05, 0) is 47.9 Å². The molecule has 3 heterocycles. The molecule has 0 bridgehead atoms. The van der Waals surface area contributed by atoms with Gasteiger partial charge < -0.3 is 10.1 Å². The van der Waals surface area contributed by atoms with E-state index in [1.165, 1.54) is 30.6 Å². The van der Waals surface area contributed by atoms with Gasteiger partial charge in [-0.2, -0.15) is 0 Å². The summed E-state index contributed by atoms with van der Waals surface area (Å²) in [6.45, 7) is 0. The third-order valence-electron chi connectivity index (χ3n) is 5.99. The number of benzene rings is 2. The standard InChI is InChI=1S/C28H22N4O5S/c33-26(34)10-9-18-4-1-5-19(12-18)21-14-24-25(17-31-28(24)30-15-21)27(35)20-6-2-7-22(13-20)32-38(36,37)23-8-3-11-29-16-23/h1-8,11-17,32H,9-10H2,(H,30,31)(H,33,34). The van der Waals surface area contributed by atoms with Gasteiger partial charge in [-0.15, -0.1) is 0 Å². The second-order valence-corrected chi connectivity index (χ2v) is 10.3. The van der Waals surface area contributed by atoms with Gasteiger partial charge in [0.25, 0.3) is 10.0 Å². The second-order valence-electron chi connectivity index (χ2n) is 8.62. The van der Waals surface area contributed by atoms with E-state index in [2.05, 4.69) is 19.7 Å². The van der Waals surface area contributed by atoms with E-state index in [9.17, 15) is 18.0 Å². The van der Waals surface area contributed by atoms with E-state index in [1.807, 2.05) is 30.3 Å². The lowest BCUT2D eigenvalue weighted by atomic mass is 9.99. The summed E-state index contributed by atoms with van der Waals surface area (Å²) in [5, 5.41) is 9.59. The number of aromatic amines is 1. The van der Waals surface area contributed by atoms with Crippen LogP contribution in [-0.2, 0) is 21.2 Å². The number of sulfonamides is 1. The van der Waals surface area contributed by atoms with Gasteiger partial charge in [0.05, 0.1) is 0 Å². The quantitative estimate of drug-likeness (QED) is 0.237. The first-order valence-electron chi connectivity index (χ1n) is 11.7. The highest BCUT2D eigenvalue weighted by atomic mass is 32.2. The van der Waals surface area contributed by atoms with Crippen molar-refractivity contribution in [2.45, 2.75) is 17.7 Å². The molecule has 0 aliphatic carbocycles. The van der Waals surface area contributed by atoms with Crippen molar-refractivity contribution in [3.63, 3.8) is 0 Å². The zero-order valence-electron chi connectivity index (χ0n) is 20.0. The summed E-state index contributed by atoms with van der Waals surface area (Å²) < 4.78 is 27.8. The van der Waals surface area contributed by atoms with Crippen molar-refractivity contribution in [1.82, 2.24) is 15.0 Å². The highest BCUT2D eigenvalue weighted by Crippen LogP contribution is 2.28. The van der Waals surface area contributed by atoms with Crippen LogP contribution in [0.25, 0.3) is 22.2 Å². The van der Waals surface area contributed by atoms with Gasteiger partial charge >= 0.3 is 5.97 Å². The van der Waals surface area contributed by atoms with Crippen molar-refractivity contribution in [3.8, 4) is 11.1 Å². The number of carbonyl (C=O) groups excluding carboxylic acids is 1. The minimum absolute atomic E-state index is 0.0130. The summed E-state index contributed by atoms with van der Waals surface area (Å²) in [7, 11) is -3.87. The number of carboxylic acid groups (broad SMARTS) is 1. The SMILES string of the molecule is O=C(O)CCc1cccc(-c2cnc3[nH]cc(C(=O)c4cccc(NS(=O)(=O)c5cccnc5)c4)c3c2)c1. The maximum Gasteiger partial charge on any atom is 0.303 e. The highest BCUT2D eigenvalue weighted by molar-refractivity contribution is 7.92. The van der Waals surface area contributed by atoms with Crippen molar-refractivity contribution in [3.05, 3.63) is 108 Å². The van der Waals surface area contributed by atoms with Gasteiger partial charge in [-0.3, -0.25) is 19.3 Å². The topological polar surface area (TPSA) is 142 Å². The van der Waals surface area contributed by atoms with Gasteiger partial charge in [0.2, 0.25) is 0 Å². The van der Waals surface area contributed by atoms with Crippen LogP contribution in [0.1, 0.15) is 27.9 Å². The van der Waals surface area contributed by atoms with E-state index in [0.29, 0.717) is 28.6 Å². The number of aliphatic carboxylic acids is 1. The molecule has 0 fully saturated rings. The summed E-state index contributed by atoms with van der Waals surface area (Å²) in [4.78, 5) is 35.7. The van der Waals surface area contributed by atoms with Crippen LogP contribution >= 0.6 is 0 Å². The lowest BCUT2D eigenvalue weighted by molar-refractivity contribution is -0.136. The fraction of sp³-hybridized carbons (Fsp3) is 0.0714. The van der Waals surface area contributed by atoms with Gasteiger partial charge in [-0.25, -0.2) is 13.4 Å². The van der Waals surface area contributed by atoms with Gasteiger partial charge in [-0.1, -0.05) is 36.4 Å². The second kappa shape index (κ2) is 10.3. The average molecular weight is 527 g/mol. The summed E-state index contributed by atoms with van der Waals surface area (Å²) in [6.07, 6.45) is 6.45. The molecule has 2 aromatic carbocycles. The number of fused-ring (bicyclic) bond motifs is 1. The molecule has 0 aliphatic rings. The molecule has 0 amide bonds. The molecule has 0 saturated heterocycles. The fourth-order valence-corrected chi connectivity index (χ4v) is 5.12. The van der Waals surface area contributed by atoms with E-state index >= 15 is 0 Å². The molecule has 10 heteroatoms. The minimum atomic E-state index is -3.87. The number of ketones is 1. The van der Waals surface area contributed by atoms with Crippen LogP contribution in [0.2, 0.25) is 0 Å². The van der Waals surface area contributed by atoms with Crippen LogP contribution in [0.4, 0.5) is 5.69 Å². The van der Waals surface area contributed by atoms with Crippen LogP contribution in [0.3, 0.4) is 0 Å². The molecule has 0 aliphatic heterocycles. The van der Waals surface area contributed by atoms with Crippen LogP contribution < -0.4 is 4.72 Å². The molecule has 3 N–H and O–H groups in total. The Hall–Kier alpha value is -4.83. The Morgan fingerprint density at radius 3 is 2.58 bits per heavy atom. The Kier molecular flexibility index (Phi) is 6.71. The third-order valence-corrected chi connectivity index (χ3v) is 7.35. The van der Waals surface area contributed by atoms with E-state index in [1.54, 1.807) is 30.6 Å². The molecule has 9 nitrogen and oxygen atoms in total. The zero-order chi connectivity index (χ0) is 26.7. The number of pyridine rings is 2.